The summed E-state index contributed by atoms with van der Waals surface area (Å²) in [6, 6.07) is 14.1. The summed E-state index contributed by atoms with van der Waals surface area (Å²) in [5, 5.41) is 3.84. The van der Waals surface area contributed by atoms with Crippen LogP contribution in [0.3, 0.4) is 0 Å². The van der Waals surface area contributed by atoms with Crippen LogP contribution < -0.4 is 10.2 Å². The number of pyridine rings is 1. The smallest absolute Gasteiger partial charge is 0.0366 e. The van der Waals surface area contributed by atoms with Crippen LogP contribution in [0.1, 0.15) is 43.4 Å². The monoisotopic (exact) mass is 309 g/mol. The molecule has 1 aliphatic rings. The first kappa shape index (κ1) is 16.0. The lowest BCUT2D eigenvalue weighted by molar-refractivity contribution is 0.364. The second-order valence-corrected chi connectivity index (χ2v) is 6.51. The number of aromatic nitrogens is 1. The highest BCUT2D eigenvalue weighted by atomic mass is 15.1. The molecule has 122 valence electrons. The van der Waals surface area contributed by atoms with Gasteiger partial charge in [-0.05, 0) is 49.9 Å². The predicted octanol–water partition coefficient (Wildman–Crippen LogP) is 4.10. The van der Waals surface area contributed by atoms with Gasteiger partial charge in [-0.25, -0.2) is 0 Å². The van der Waals surface area contributed by atoms with E-state index in [4.69, 9.17) is 0 Å². The molecular formula is C20H27N3. The highest BCUT2D eigenvalue weighted by Crippen LogP contribution is 2.23. The lowest BCUT2D eigenvalue weighted by atomic mass is 10.00. The minimum atomic E-state index is 0.416. The Balaban J connectivity index is 1.55. The van der Waals surface area contributed by atoms with Gasteiger partial charge >= 0.3 is 0 Å². The van der Waals surface area contributed by atoms with E-state index in [-0.39, 0.29) is 0 Å². The molecule has 3 nitrogen and oxygen atoms in total. The van der Waals surface area contributed by atoms with Crippen molar-refractivity contribution < 1.29 is 0 Å². The third kappa shape index (κ3) is 4.11. The van der Waals surface area contributed by atoms with Crippen molar-refractivity contribution in [3.8, 4) is 0 Å². The molecule has 1 aliphatic heterocycles. The molecule has 1 unspecified atom stereocenters. The summed E-state index contributed by atoms with van der Waals surface area (Å²) in [4.78, 5) is 6.76. The highest BCUT2D eigenvalue weighted by molar-refractivity contribution is 5.47. The number of benzene rings is 1. The summed E-state index contributed by atoms with van der Waals surface area (Å²) in [7, 11) is 0. The lowest BCUT2D eigenvalue weighted by Crippen LogP contribution is -2.43. The van der Waals surface area contributed by atoms with E-state index in [1.165, 1.54) is 29.7 Å². The molecule has 1 N–H and O–H groups in total. The second kappa shape index (κ2) is 7.60. The maximum absolute atomic E-state index is 4.26. The first-order valence-corrected chi connectivity index (χ1v) is 8.74. The van der Waals surface area contributed by atoms with Crippen LogP contribution in [0.4, 0.5) is 5.69 Å². The molecule has 0 radical (unpaired) electrons. The molecule has 2 heterocycles. The van der Waals surface area contributed by atoms with Crippen LogP contribution in [0.2, 0.25) is 0 Å². The van der Waals surface area contributed by atoms with Crippen LogP contribution in [-0.4, -0.2) is 24.1 Å². The molecule has 0 saturated carbocycles. The molecule has 1 fully saturated rings. The molecule has 0 spiro atoms. The predicted molar refractivity (Wildman–Crippen MR) is 96.8 cm³/mol. The number of hydrogen-bond donors (Lipinski definition) is 1. The van der Waals surface area contributed by atoms with Gasteiger partial charge in [0.1, 0.15) is 0 Å². The van der Waals surface area contributed by atoms with E-state index in [2.05, 4.69) is 59.4 Å². The number of anilines is 1. The Hall–Kier alpha value is -1.87. The van der Waals surface area contributed by atoms with Crippen LogP contribution in [0.25, 0.3) is 0 Å². The van der Waals surface area contributed by atoms with Crippen molar-refractivity contribution in [1.29, 1.82) is 0 Å². The fraction of sp³-hybridized carbons (Fsp3) is 0.450. The normalized spacial score (nSPS) is 17.2. The quantitative estimate of drug-likeness (QED) is 0.901. The van der Waals surface area contributed by atoms with E-state index in [0.29, 0.717) is 12.1 Å². The molecule has 23 heavy (non-hydrogen) atoms. The standard InChI is InChI=1S/C20H27N3/c1-3-20(17-5-4-12-21-15-17)22-18-10-13-23(14-11-18)19-8-6-16(2)7-9-19/h4-9,12,15,18,20,22H,3,10-11,13-14H2,1-2H3. The zero-order valence-electron chi connectivity index (χ0n) is 14.2. The van der Waals surface area contributed by atoms with Crippen LogP contribution >= 0.6 is 0 Å². The number of nitrogens with zero attached hydrogens (tertiary/aromatic N) is 2. The van der Waals surface area contributed by atoms with Gasteiger partial charge < -0.3 is 10.2 Å². The summed E-state index contributed by atoms with van der Waals surface area (Å²) in [6.07, 6.45) is 7.33. The van der Waals surface area contributed by atoms with Crippen LogP contribution in [0.5, 0.6) is 0 Å². The molecule has 1 aromatic carbocycles. The zero-order chi connectivity index (χ0) is 16.1. The van der Waals surface area contributed by atoms with Gasteiger partial charge in [-0.2, -0.15) is 0 Å². The molecule has 2 aromatic rings. The minimum Gasteiger partial charge on any atom is -0.371 e. The van der Waals surface area contributed by atoms with E-state index in [9.17, 15) is 0 Å². The first-order valence-electron chi connectivity index (χ1n) is 8.74. The Kier molecular flexibility index (Phi) is 5.29. The number of hydrogen-bond acceptors (Lipinski definition) is 3. The Labute approximate surface area is 139 Å². The maximum atomic E-state index is 4.26. The molecule has 1 aromatic heterocycles. The number of nitrogens with one attached hydrogen (secondary N) is 1. The number of aryl methyl sites for hydroxylation is 1. The maximum Gasteiger partial charge on any atom is 0.0366 e. The van der Waals surface area contributed by atoms with Gasteiger partial charge in [-0.1, -0.05) is 30.7 Å². The highest BCUT2D eigenvalue weighted by Gasteiger charge is 2.22. The fourth-order valence-electron chi connectivity index (χ4n) is 3.38. The van der Waals surface area contributed by atoms with Gasteiger partial charge in [0.05, 0.1) is 0 Å². The summed E-state index contributed by atoms with van der Waals surface area (Å²) in [5.74, 6) is 0. The Morgan fingerprint density at radius 2 is 1.91 bits per heavy atom. The van der Waals surface area contributed by atoms with Crippen LogP contribution in [0.15, 0.2) is 48.8 Å². The number of rotatable bonds is 5. The Morgan fingerprint density at radius 1 is 1.17 bits per heavy atom. The fourth-order valence-corrected chi connectivity index (χ4v) is 3.38. The molecule has 1 saturated heterocycles. The minimum absolute atomic E-state index is 0.416. The van der Waals surface area contributed by atoms with Crippen molar-refractivity contribution in [1.82, 2.24) is 10.3 Å². The van der Waals surface area contributed by atoms with Crippen LogP contribution in [-0.2, 0) is 0 Å². The average Bonchev–Trinajstić information content (AvgIpc) is 2.62. The van der Waals surface area contributed by atoms with Crippen molar-refractivity contribution >= 4 is 5.69 Å². The summed E-state index contributed by atoms with van der Waals surface area (Å²) in [6.45, 7) is 6.64. The van der Waals surface area contributed by atoms with Crippen molar-refractivity contribution in [3.63, 3.8) is 0 Å². The van der Waals surface area contributed by atoms with Crippen molar-refractivity contribution in [3.05, 3.63) is 59.9 Å². The van der Waals surface area contributed by atoms with E-state index in [1.54, 1.807) is 0 Å². The third-order valence-electron chi connectivity index (χ3n) is 4.83. The van der Waals surface area contributed by atoms with Gasteiger partial charge in [0.2, 0.25) is 0 Å². The molecule has 1 atom stereocenters. The lowest BCUT2D eigenvalue weighted by Gasteiger charge is -2.36. The molecule has 0 bridgehead atoms. The van der Waals surface area contributed by atoms with E-state index < -0.39 is 0 Å². The Morgan fingerprint density at radius 3 is 2.52 bits per heavy atom. The topological polar surface area (TPSA) is 28.2 Å². The first-order chi connectivity index (χ1) is 11.3. The average molecular weight is 309 g/mol. The van der Waals surface area contributed by atoms with Crippen molar-refractivity contribution in [2.45, 2.75) is 45.2 Å². The van der Waals surface area contributed by atoms with Gasteiger partial charge in [0, 0.05) is 43.3 Å². The van der Waals surface area contributed by atoms with Gasteiger partial charge in [-0.15, -0.1) is 0 Å². The Bertz CT molecular complexity index is 586. The summed E-state index contributed by atoms with van der Waals surface area (Å²) >= 11 is 0. The zero-order valence-corrected chi connectivity index (χ0v) is 14.2. The van der Waals surface area contributed by atoms with Crippen molar-refractivity contribution in [2.75, 3.05) is 18.0 Å². The van der Waals surface area contributed by atoms with Gasteiger partial charge in [0.25, 0.3) is 0 Å². The molecule has 3 rings (SSSR count). The van der Waals surface area contributed by atoms with E-state index in [1.807, 2.05) is 18.5 Å². The van der Waals surface area contributed by atoms with Gasteiger partial charge in [0.15, 0.2) is 0 Å². The van der Waals surface area contributed by atoms with E-state index >= 15 is 0 Å². The van der Waals surface area contributed by atoms with Crippen molar-refractivity contribution in [2.24, 2.45) is 0 Å². The molecule has 3 heteroatoms. The summed E-state index contributed by atoms with van der Waals surface area (Å²) < 4.78 is 0. The van der Waals surface area contributed by atoms with Gasteiger partial charge in [-0.3, -0.25) is 4.98 Å². The SMILES string of the molecule is CCC(NC1CCN(c2ccc(C)cc2)CC1)c1cccnc1. The summed E-state index contributed by atoms with van der Waals surface area (Å²) in [5.41, 5.74) is 3.98. The molecule has 0 amide bonds. The second-order valence-electron chi connectivity index (χ2n) is 6.51. The largest absolute Gasteiger partial charge is 0.371 e. The third-order valence-corrected chi connectivity index (χ3v) is 4.83. The molecular weight excluding hydrogens is 282 g/mol. The molecule has 0 aliphatic carbocycles. The van der Waals surface area contributed by atoms with Crippen LogP contribution in [0, 0.1) is 6.92 Å². The van der Waals surface area contributed by atoms with E-state index in [0.717, 1.165) is 19.5 Å². The number of piperidine rings is 1.